The number of thiophene rings is 1. The zero-order valence-electron chi connectivity index (χ0n) is 31.4. The van der Waals surface area contributed by atoms with Crippen LogP contribution < -0.4 is 4.90 Å². The summed E-state index contributed by atoms with van der Waals surface area (Å²) in [6.45, 7) is 0. The van der Waals surface area contributed by atoms with E-state index in [2.05, 4.69) is 120 Å². The van der Waals surface area contributed by atoms with Gasteiger partial charge in [-0.2, -0.15) is 0 Å². The van der Waals surface area contributed by atoms with Gasteiger partial charge in [-0.15, -0.1) is 11.3 Å². The Kier molecular flexibility index (Phi) is 5.27. The van der Waals surface area contributed by atoms with Crippen molar-refractivity contribution in [2.75, 3.05) is 4.90 Å². The molecule has 2 aliphatic rings. The third-order valence-corrected chi connectivity index (χ3v) is 11.1. The average molecular weight is 647 g/mol. The second-order valence-electron chi connectivity index (χ2n) is 12.5. The maximum absolute atomic E-state index is 8.49. The quantitative estimate of drug-likeness (QED) is 0.180. The molecule has 1 aromatic heterocycles. The highest BCUT2D eigenvalue weighted by Gasteiger charge is 2.51. The van der Waals surface area contributed by atoms with E-state index in [1.54, 1.807) is 11.3 Å². The van der Waals surface area contributed by atoms with Crippen LogP contribution in [0.25, 0.3) is 43.8 Å². The second kappa shape index (κ2) is 11.1. The van der Waals surface area contributed by atoms with Crippen LogP contribution in [0.5, 0.6) is 0 Å². The number of benzene rings is 7. The molecule has 0 amide bonds. The van der Waals surface area contributed by atoms with E-state index in [4.69, 9.17) is 6.85 Å². The molecule has 0 aliphatic heterocycles. The minimum atomic E-state index is -0.409. The largest absolute Gasteiger partial charge is 0.302 e. The summed E-state index contributed by atoms with van der Waals surface area (Å²) >= 11 is 1.72. The van der Waals surface area contributed by atoms with Gasteiger partial charge >= 0.3 is 0 Å². The molecule has 2 heteroatoms. The van der Waals surface area contributed by atoms with Crippen LogP contribution in [0, 0.1) is 0 Å². The zero-order chi connectivity index (χ0) is 36.7. The smallest absolute Gasteiger partial charge is 0.101 e. The third-order valence-electron chi connectivity index (χ3n) is 10.0. The van der Waals surface area contributed by atoms with Crippen LogP contribution in [0.15, 0.2) is 188 Å². The van der Waals surface area contributed by atoms with Gasteiger partial charge in [-0.25, -0.2) is 0 Å². The first-order valence-electron chi connectivity index (χ1n) is 18.9. The summed E-state index contributed by atoms with van der Waals surface area (Å²) in [5.41, 5.74) is 13.8. The van der Waals surface area contributed by atoms with Crippen LogP contribution in [0.1, 0.15) is 29.1 Å². The first kappa shape index (κ1) is 23.4. The van der Waals surface area contributed by atoms with Crippen LogP contribution in [-0.4, -0.2) is 0 Å². The summed E-state index contributed by atoms with van der Waals surface area (Å²) in [5.74, 6) is 0. The van der Waals surface area contributed by atoms with Gasteiger partial charge in [0.1, 0.15) is 5.00 Å². The maximum Gasteiger partial charge on any atom is 0.101 e. The Labute approximate surface area is 298 Å². The number of fused-ring (bicyclic) bond motifs is 10. The van der Waals surface area contributed by atoms with Crippen molar-refractivity contribution in [1.29, 1.82) is 0 Å². The normalized spacial score (nSPS) is 14.5. The zero-order valence-corrected chi connectivity index (χ0v) is 27.2. The van der Waals surface area contributed by atoms with Crippen molar-refractivity contribution in [2.24, 2.45) is 0 Å². The van der Waals surface area contributed by atoms with Gasteiger partial charge in [0.25, 0.3) is 0 Å². The molecular weight excluding hydrogens is 611 g/mol. The predicted molar refractivity (Wildman–Crippen MR) is 206 cm³/mol. The standard InChI is InChI=1S/C47H31NS/c1-3-13-32(14-4-1)33-23-26-36(27-24-33)48(35-15-5-2-6-16-35)46-30-29-45(49-46)34-25-28-40-39-19-9-12-22-43(39)47(44(40)31-34)41-20-10-7-17-37(41)38-18-8-11-21-42(38)47/h1-31H/i1D,3D,4D,13D,14D. The third kappa shape index (κ3) is 4.18. The Hall–Kier alpha value is -5.96. The van der Waals surface area contributed by atoms with Crippen molar-refractivity contribution in [3.8, 4) is 43.8 Å². The highest BCUT2D eigenvalue weighted by molar-refractivity contribution is 7.19. The topological polar surface area (TPSA) is 3.24 Å². The number of hydrogen-bond acceptors (Lipinski definition) is 2. The van der Waals surface area contributed by atoms with E-state index >= 15 is 0 Å². The molecule has 8 aromatic rings. The monoisotopic (exact) mass is 646 g/mol. The van der Waals surface area contributed by atoms with Crippen LogP contribution in [-0.2, 0) is 5.41 Å². The van der Waals surface area contributed by atoms with Crippen molar-refractivity contribution in [1.82, 2.24) is 0 Å². The summed E-state index contributed by atoms with van der Waals surface area (Å²) in [6.07, 6.45) is 0. The fourth-order valence-electron chi connectivity index (χ4n) is 8.00. The van der Waals surface area contributed by atoms with Gasteiger partial charge in [0, 0.05) is 16.3 Å². The number of nitrogens with zero attached hydrogens (tertiary/aromatic N) is 1. The van der Waals surface area contributed by atoms with Gasteiger partial charge in [0.15, 0.2) is 0 Å². The van der Waals surface area contributed by atoms with Crippen LogP contribution in [0.2, 0.25) is 0 Å². The van der Waals surface area contributed by atoms with Crippen molar-refractivity contribution in [2.45, 2.75) is 5.41 Å². The average Bonchev–Trinajstić information content (AvgIpc) is 3.90. The molecule has 2 aliphatic carbocycles. The molecule has 0 N–H and O–H groups in total. The Balaban J connectivity index is 1.09. The molecule has 0 unspecified atom stereocenters. The minimum Gasteiger partial charge on any atom is -0.302 e. The van der Waals surface area contributed by atoms with E-state index in [0.29, 0.717) is 5.56 Å². The molecule has 7 aromatic carbocycles. The minimum absolute atomic E-state index is 0.196. The van der Waals surface area contributed by atoms with E-state index in [1.807, 2.05) is 42.5 Å². The summed E-state index contributed by atoms with van der Waals surface area (Å²) < 4.78 is 41.3. The molecule has 49 heavy (non-hydrogen) atoms. The van der Waals surface area contributed by atoms with Gasteiger partial charge in [0.05, 0.1) is 12.3 Å². The van der Waals surface area contributed by atoms with Crippen molar-refractivity contribution in [3.63, 3.8) is 0 Å². The number of anilines is 3. The molecule has 230 valence electrons. The number of hydrogen-bond donors (Lipinski definition) is 0. The van der Waals surface area contributed by atoms with E-state index in [1.165, 1.54) is 44.5 Å². The Morgan fingerprint density at radius 1 is 0.429 bits per heavy atom. The van der Waals surface area contributed by atoms with Crippen LogP contribution in [0.4, 0.5) is 16.4 Å². The van der Waals surface area contributed by atoms with Gasteiger partial charge in [-0.05, 0) is 104 Å². The molecule has 1 heterocycles. The number of para-hydroxylation sites is 1. The summed E-state index contributed by atoms with van der Waals surface area (Å²) in [5, 5.41) is 1.03. The SMILES string of the molecule is [2H]c1c([2H])c([2H])c(-c2ccc(N(c3ccccc3)c3ccc(-c4ccc5c(c4)C4(c6ccccc6-c6ccccc64)c4ccccc4-5)s3)cc2)c([2H])c1[2H]. The highest BCUT2D eigenvalue weighted by atomic mass is 32.1. The fourth-order valence-corrected chi connectivity index (χ4v) is 9.05. The summed E-state index contributed by atoms with van der Waals surface area (Å²) in [6, 6.07) is 54.2. The molecular formula is C47H31NS. The van der Waals surface area contributed by atoms with E-state index in [0.717, 1.165) is 26.8 Å². The molecule has 0 atom stereocenters. The van der Waals surface area contributed by atoms with Gasteiger partial charge in [0.2, 0.25) is 0 Å². The molecule has 0 saturated heterocycles. The predicted octanol–water partition coefficient (Wildman–Crippen LogP) is 12.9. The first-order valence-corrected chi connectivity index (χ1v) is 17.3. The first-order chi connectivity index (χ1) is 26.4. The van der Waals surface area contributed by atoms with Crippen molar-refractivity contribution >= 4 is 27.7 Å². The Morgan fingerprint density at radius 2 is 0.959 bits per heavy atom. The number of rotatable bonds is 5. The molecule has 1 spiro atoms. The lowest BCUT2D eigenvalue weighted by Crippen LogP contribution is -2.25. The van der Waals surface area contributed by atoms with Gasteiger partial charge in [-0.1, -0.05) is 145 Å². The van der Waals surface area contributed by atoms with Gasteiger partial charge in [-0.3, -0.25) is 0 Å². The lowest BCUT2D eigenvalue weighted by Gasteiger charge is -2.30. The highest BCUT2D eigenvalue weighted by Crippen LogP contribution is 2.63. The van der Waals surface area contributed by atoms with E-state index in [9.17, 15) is 0 Å². The lowest BCUT2D eigenvalue weighted by atomic mass is 9.70. The molecule has 0 fully saturated rings. The fraction of sp³-hybridized carbons (Fsp3) is 0.0213. The molecule has 0 bridgehead atoms. The van der Waals surface area contributed by atoms with Crippen molar-refractivity contribution in [3.05, 3.63) is 210 Å². The van der Waals surface area contributed by atoms with Crippen LogP contribution >= 0.6 is 11.3 Å². The summed E-state index contributed by atoms with van der Waals surface area (Å²) in [7, 11) is 0. The molecule has 1 nitrogen and oxygen atoms in total. The Morgan fingerprint density at radius 3 is 1.59 bits per heavy atom. The van der Waals surface area contributed by atoms with E-state index in [-0.39, 0.29) is 29.7 Å². The maximum atomic E-state index is 8.49. The molecule has 0 saturated carbocycles. The lowest BCUT2D eigenvalue weighted by molar-refractivity contribution is 0.794. The van der Waals surface area contributed by atoms with Crippen molar-refractivity contribution < 1.29 is 6.85 Å². The second-order valence-corrected chi connectivity index (χ2v) is 13.6. The van der Waals surface area contributed by atoms with Gasteiger partial charge < -0.3 is 4.90 Å². The Bertz CT molecular complexity index is 2700. The summed E-state index contributed by atoms with van der Waals surface area (Å²) in [4.78, 5) is 3.35. The van der Waals surface area contributed by atoms with Crippen LogP contribution in [0.3, 0.4) is 0 Å². The molecule has 10 rings (SSSR count). The molecule has 0 radical (unpaired) electrons. The van der Waals surface area contributed by atoms with E-state index < -0.39 is 11.5 Å².